The second kappa shape index (κ2) is 4.63. The Kier molecular flexibility index (Phi) is 3.35. The fraction of sp³-hybridized carbons (Fsp3) is 0.500. The van der Waals surface area contributed by atoms with Crippen molar-refractivity contribution < 1.29 is 9.66 Å². The van der Waals surface area contributed by atoms with Gasteiger partial charge in [-0.05, 0) is 25.3 Å². The van der Waals surface area contributed by atoms with E-state index in [1.165, 1.54) is 6.07 Å². The fourth-order valence-corrected chi connectivity index (χ4v) is 2.23. The van der Waals surface area contributed by atoms with E-state index in [1.807, 2.05) is 13.0 Å². The van der Waals surface area contributed by atoms with E-state index in [2.05, 4.69) is 0 Å². The van der Waals surface area contributed by atoms with Gasteiger partial charge in [0.05, 0.1) is 11.0 Å². The third kappa shape index (κ3) is 2.96. The first kappa shape index (κ1) is 12.3. The molecule has 0 bridgehead atoms. The van der Waals surface area contributed by atoms with Gasteiger partial charge in [0.15, 0.2) is 0 Å². The first-order chi connectivity index (χ1) is 7.98. The van der Waals surface area contributed by atoms with Crippen molar-refractivity contribution >= 4 is 17.3 Å². The van der Waals surface area contributed by atoms with Gasteiger partial charge >= 0.3 is 0 Å². The molecule has 1 fully saturated rings. The van der Waals surface area contributed by atoms with Crippen molar-refractivity contribution in [3.05, 3.63) is 39.9 Å². The number of nitro benzene ring substituents is 1. The monoisotopic (exact) mass is 255 g/mol. The van der Waals surface area contributed by atoms with Crippen molar-refractivity contribution in [1.82, 2.24) is 0 Å². The number of hydrogen-bond acceptors (Lipinski definition) is 3. The maximum atomic E-state index is 10.7. The Hall–Kier alpha value is -1.13. The number of nitrogens with zero attached hydrogens (tertiary/aromatic N) is 1. The van der Waals surface area contributed by atoms with Crippen molar-refractivity contribution in [1.29, 1.82) is 0 Å². The van der Waals surface area contributed by atoms with E-state index in [-0.39, 0.29) is 16.7 Å². The van der Waals surface area contributed by atoms with Crippen molar-refractivity contribution in [2.45, 2.75) is 30.7 Å². The maximum Gasteiger partial charge on any atom is 0.269 e. The second-order valence-electron chi connectivity index (χ2n) is 4.58. The molecule has 17 heavy (non-hydrogen) atoms. The molecular formula is C12H14ClNO3. The first-order valence-corrected chi connectivity index (χ1v) is 5.91. The number of halogens is 1. The summed E-state index contributed by atoms with van der Waals surface area (Å²) < 4.78 is 5.63. The van der Waals surface area contributed by atoms with Gasteiger partial charge in [0, 0.05) is 23.6 Å². The van der Waals surface area contributed by atoms with Crippen LogP contribution < -0.4 is 0 Å². The molecule has 1 saturated heterocycles. The summed E-state index contributed by atoms with van der Waals surface area (Å²) in [7, 11) is 0. The average molecular weight is 256 g/mol. The predicted molar refractivity (Wildman–Crippen MR) is 65.3 cm³/mol. The summed E-state index contributed by atoms with van der Waals surface area (Å²) in [5, 5.41) is 10.7. The highest BCUT2D eigenvalue weighted by Gasteiger charge is 2.32. The topological polar surface area (TPSA) is 52.4 Å². The summed E-state index contributed by atoms with van der Waals surface area (Å²) in [5.41, 5.74) is 0.915. The van der Waals surface area contributed by atoms with Gasteiger partial charge in [0.25, 0.3) is 5.69 Å². The van der Waals surface area contributed by atoms with Gasteiger partial charge < -0.3 is 4.74 Å². The Morgan fingerprint density at radius 1 is 1.59 bits per heavy atom. The molecule has 1 aliphatic rings. The molecule has 2 rings (SSSR count). The van der Waals surface area contributed by atoms with Crippen LogP contribution in [0.4, 0.5) is 5.69 Å². The van der Waals surface area contributed by atoms with E-state index < -0.39 is 4.92 Å². The number of benzene rings is 1. The molecule has 0 aliphatic carbocycles. The summed E-state index contributed by atoms with van der Waals surface area (Å²) in [6.45, 7) is 2.56. The zero-order valence-corrected chi connectivity index (χ0v) is 10.3. The van der Waals surface area contributed by atoms with Crippen LogP contribution in [0.25, 0.3) is 0 Å². The van der Waals surface area contributed by atoms with Crippen LogP contribution >= 0.6 is 11.6 Å². The zero-order valence-electron chi connectivity index (χ0n) is 9.56. The summed E-state index contributed by atoms with van der Waals surface area (Å²) in [5.74, 6) is 0. The van der Waals surface area contributed by atoms with Gasteiger partial charge in [0.2, 0.25) is 0 Å². The number of ether oxygens (including phenoxy) is 1. The van der Waals surface area contributed by atoms with Crippen LogP contribution in [0.5, 0.6) is 0 Å². The molecule has 1 aromatic rings. The van der Waals surface area contributed by atoms with Gasteiger partial charge in [-0.2, -0.15) is 0 Å². The minimum absolute atomic E-state index is 0.0907. The quantitative estimate of drug-likeness (QED) is 0.462. The van der Waals surface area contributed by atoms with E-state index in [0.717, 1.165) is 12.0 Å². The molecule has 92 valence electrons. The number of rotatable bonds is 2. The van der Waals surface area contributed by atoms with Gasteiger partial charge in [-0.15, -0.1) is 11.6 Å². The smallest absolute Gasteiger partial charge is 0.269 e. The molecule has 2 unspecified atom stereocenters. The van der Waals surface area contributed by atoms with Crippen molar-refractivity contribution in [2.75, 3.05) is 6.61 Å². The zero-order chi connectivity index (χ0) is 12.5. The number of non-ortho nitro benzene ring substituents is 1. The Balaban J connectivity index is 2.22. The van der Waals surface area contributed by atoms with Crippen molar-refractivity contribution in [2.24, 2.45) is 0 Å². The van der Waals surface area contributed by atoms with Crippen LogP contribution in [-0.4, -0.2) is 16.4 Å². The van der Waals surface area contributed by atoms with Gasteiger partial charge in [-0.25, -0.2) is 0 Å². The van der Waals surface area contributed by atoms with Crippen molar-refractivity contribution in [3.8, 4) is 0 Å². The van der Waals surface area contributed by atoms with Crippen LogP contribution in [0.3, 0.4) is 0 Å². The minimum Gasteiger partial charge on any atom is -0.373 e. The Morgan fingerprint density at radius 3 is 3.00 bits per heavy atom. The van der Waals surface area contributed by atoms with Crippen LogP contribution in [-0.2, 0) is 4.74 Å². The minimum atomic E-state index is -0.397. The van der Waals surface area contributed by atoms with Crippen LogP contribution in [0.2, 0.25) is 0 Å². The lowest BCUT2D eigenvalue weighted by molar-refractivity contribution is -0.385. The van der Waals surface area contributed by atoms with Crippen LogP contribution in [0.15, 0.2) is 24.3 Å². The third-order valence-corrected chi connectivity index (χ3v) is 3.35. The highest BCUT2D eigenvalue weighted by molar-refractivity contribution is 6.23. The number of nitro groups is 1. The highest BCUT2D eigenvalue weighted by Crippen LogP contribution is 2.38. The Labute approximate surface area is 105 Å². The molecule has 0 saturated carbocycles. The molecule has 5 heteroatoms. The summed E-state index contributed by atoms with van der Waals surface area (Å²) >= 11 is 6.31. The lowest BCUT2D eigenvalue weighted by atomic mass is 9.92. The van der Waals surface area contributed by atoms with E-state index in [4.69, 9.17) is 16.3 Å². The molecule has 1 aliphatic heterocycles. The molecular weight excluding hydrogens is 242 g/mol. The second-order valence-corrected chi connectivity index (χ2v) is 5.49. The van der Waals surface area contributed by atoms with Gasteiger partial charge in [0.1, 0.15) is 0 Å². The third-order valence-electron chi connectivity index (χ3n) is 3.01. The van der Waals surface area contributed by atoms with E-state index in [1.54, 1.807) is 12.1 Å². The van der Waals surface area contributed by atoms with E-state index in [9.17, 15) is 10.1 Å². The normalized spacial score (nSPS) is 28.9. The summed E-state index contributed by atoms with van der Waals surface area (Å²) in [4.78, 5) is 10.0. The lowest BCUT2D eigenvalue weighted by Crippen LogP contribution is -2.29. The number of alkyl halides is 1. The molecule has 0 amide bonds. The van der Waals surface area contributed by atoms with E-state index >= 15 is 0 Å². The van der Waals surface area contributed by atoms with Crippen LogP contribution in [0.1, 0.15) is 31.4 Å². The van der Waals surface area contributed by atoms with Crippen molar-refractivity contribution in [3.63, 3.8) is 0 Å². The Bertz CT molecular complexity index is 434. The van der Waals surface area contributed by atoms with Gasteiger partial charge in [-0.3, -0.25) is 10.1 Å². The molecule has 0 spiro atoms. The molecule has 0 radical (unpaired) electrons. The molecule has 0 aromatic heterocycles. The molecule has 4 nitrogen and oxygen atoms in total. The largest absolute Gasteiger partial charge is 0.373 e. The average Bonchev–Trinajstić information content (AvgIpc) is 2.28. The fourth-order valence-electron chi connectivity index (χ4n) is 2.01. The molecule has 1 aromatic carbocycles. The molecule has 0 N–H and O–H groups in total. The SMILES string of the molecule is CC1(Cl)CCOC(c2cccc([N+](=O)[O-])c2)C1. The standard InChI is InChI=1S/C12H14ClNO3/c1-12(13)5-6-17-11(8-12)9-3-2-4-10(7-9)14(15)16/h2-4,7,11H,5-6,8H2,1H3. The summed E-state index contributed by atoms with van der Waals surface area (Å²) in [6, 6.07) is 6.56. The maximum absolute atomic E-state index is 10.7. The molecule has 1 heterocycles. The number of hydrogen-bond donors (Lipinski definition) is 0. The van der Waals surface area contributed by atoms with E-state index in [0.29, 0.717) is 13.0 Å². The van der Waals surface area contributed by atoms with Crippen LogP contribution in [0, 0.1) is 10.1 Å². The highest BCUT2D eigenvalue weighted by atomic mass is 35.5. The predicted octanol–water partition coefficient (Wildman–Crippen LogP) is 3.44. The van der Waals surface area contributed by atoms with Gasteiger partial charge in [-0.1, -0.05) is 12.1 Å². The lowest BCUT2D eigenvalue weighted by Gasteiger charge is -2.33. The first-order valence-electron chi connectivity index (χ1n) is 5.53. The molecule has 2 atom stereocenters. The summed E-state index contributed by atoms with van der Waals surface area (Å²) in [6.07, 6.45) is 1.33. The Morgan fingerprint density at radius 2 is 2.35 bits per heavy atom.